The summed E-state index contributed by atoms with van der Waals surface area (Å²) < 4.78 is 31.1. The molecule has 11 heteroatoms. The lowest BCUT2D eigenvalue weighted by molar-refractivity contribution is 0.102. The highest BCUT2D eigenvalue weighted by Gasteiger charge is 2.25. The molecular formula is C25H25F2N7O2. The number of rotatable bonds is 4. The molecule has 1 aliphatic heterocycles. The second-order valence-electron chi connectivity index (χ2n) is 8.86. The van der Waals surface area contributed by atoms with Crippen LogP contribution in [0.5, 0.6) is 0 Å². The van der Waals surface area contributed by atoms with E-state index < -0.39 is 28.8 Å². The van der Waals surface area contributed by atoms with E-state index in [0.717, 1.165) is 53.6 Å². The number of aromatic nitrogens is 4. The first-order valence-corrected chi connectivity index (χ1v) is 11.6. The number of nitrogens with one attached hydrogen (secondary N) is 1. The second kappa shape index (κ2) is 9.15. The van der Waals surface area contributed by atoms with Gasteiger partial charge < -0.3 is 20.5 Å². The monoisotopic (exact) mass is 493 g/mol. The number of para-hydroxylation sites is 1. The molecule has 1 fully saturated rings. The number of anilines is 2. The van der Waals surface area contributed by atoms with E-state index in [9.17, 15) is 18.4 Å². The molecule has 4 aromatic rings. The second-order valence-corrected chi connectivity index (χ2v) is 8.86. The number of nitrogens with two attached hydrogens (primary N) is 1. The van der Waals surface area contributed by atoms with Crippen LogP contribution in [0.2, 0.25) is 0 Å². The molecule has 0 atom stereocenters. The molecule has 2 aromatic heterocycles. The summed E-state index contributed by atoms with van der Waals surface area (Å²) in [5.41, 5.74) is 7.44. The minimum absolute atomic E-state index is 0.119. The molecule has 1 saturated heterocycles. The number of hydrogen-bond acceptors (Lipinski definition) is 6. The summed E-state index contributed by atoms with van der Waals surface area (Å²) >= 11 is 0. The van der Waals surface area contributed by atoms with Crippen LogP contribution in [-0.4, -0.2) is 44.4 Å². The molecule has 0 aliphatic carbocycles. The minimum atomic E-state index is -0.969. The molecule has 0 unspecified atom stereocenters. The van der Waals surface area contributed by atoms with Crippen LogP contribution in [0.1, 0.15) is 29.2 Å². The fourth-order valence-corrected chi connectivity index (χ4v) is 4.48. The van der Waals surface area contributed by atoms with E-state index in [2.05, 4.69) is 15.3 Å². The van der Waals surface area contributed by atoms with E-state index in [1.165, 1.54) is 12.1 Å². The molecule has 1 aliphatic rings. The van der Waals surface area contributed by atoms with Crippen molar-refractivity contribution in [2.45, 2.75) is 25.8 Å². The molecule has 0 spiro atoms. The molecule has 36 heavy (non-hydrogen) atoms. The number of piperidine rings is 1. The number of aryl methyl sites for hydroxylation is 2. The van der Waals surface area contributed by atoms with Gasteiger partial charge in [0.2, 0.25) is 0 Å². The van der Waals surface area contributed by atoms with Crippen molar-refractivity contribution in [3.8, 4) is 5.69 Å². The number of imidazole rings is 1. The van der Waals surface area contributed by atoms with Gasteiger partial charge in [-0.15, -0.1) is 0 Å². The zero-order chi connectivity index (χ0) is 25.6. The average Bonchev–Trinajstić information content (AvgIpc) is 3.14. The summed E-state index contributed by atoms with van der Waals surface area (Å²) in [6.45, 7) is 3.31. The fourth-order valence-electron chi connectivity index (χ4n) is 4.48. The number of benzene rings is 2. The van der Waals surface area contributed by atoms with E-state index >= 15 is 0 Å². The van der Waals surface area contributed by atoms with Crippen molar-refractivity contribution in [3.63, 3.8) is 0 Å². The summed E-state index contributed by atoms with van der Waals surface area (Å²) in [6, 6.07) is 9.25. The maximum absolute atomic E-state index is 14.3. The van der Waals surface area contributed by atoms with Gasteiger partial charge in [-0.2, -0.15) is 9.78 Å². The fraction of sp³-hybridized carbons (Fsp3) is 0.280. The Kier molecular flexibility index (Phi) is 6.00. The predicted molar refractivity (Wildman–Crippen MR) is 133 cm³/mol. The molecule has 0 radical (unpaired) electrons. The molecule has 3 heterocycles. The van der Waals surface area contributed by atoms with Crippen LogP contribution in [-0.2, 0) is 7.05 Å². The summed E-state index contributed by atoms with van der Waals surface area (Å²) in [7, 11) is 1.92. The highest BCUT2D eigenvalue weighted by atomic mass is 19.1. The van der Waals surface area contributed by atoms with Gasteiger partial charge in [-0.1, -0.05) is 6.07 Å². The normalized spacial score (nSPS) is 14.4. The van der Waals surface area contributed by atoms with E-state index in [1.54, 1.807) is 6.07 Å². The lowest BCUT2D eigenvalue weighted by Gasteiger charge is -2.33. The maximum Gasteiger partial charge on any atom is 0.276 e. The number of hydrogen-bond donors (Lipinski definition) is 2. The number of nitrogens with zero attached hydrogens (tertiary/aromatic N) is 5. The van der Waals surface area contributed by atoms with Crippen molar-refractivity contribution in [1.29, 1.82) is 0 Å². The first-order valence-electron chi connectivity index (χ1n) is 11.6. The highest BCUT2D eigenvalue weighted by Crippen LogP contribution is 2.36. The molecule has 5 rings (SSSR count). The average molecular weight is 494 g/mol. The van der Waals surface area contributed by atoms with Crippen LogP contribution in [0.3, 0.4) is 0 Å². The summed E-state index contributed by atoms with van der Waals surface area (Å²) in [5, 5.41) is 6.81. The minimum Gasteiger partial charge on any atom is -0.368 e. The van der Waals surface area contributed by atoms with Crippen molar-refractivity contribution in [1.82, 2.24) is 19.3 Å². The van der Waals surface area contributed by atoms with Crippen LogP contribution in [0.25, 0.3) is 16.7 Å². The highest BCUT2D eigenvalue weighted by molar-refractivity contribution is 6.08. The summed E-state index contributed by atoms with van der Waals surface area (Å²) in [6.07, 6.45) is 1.60. The Morgan fingerprint density at radius 1 is 1.06 bits per heavy atom. The Bertz CT molecular complexity index is 1520. The van der Waals surface area contributed by atoms with Crippen molar-refractivity contribution < 1.29 is 13.6 Å². The van der Waals surface area contributed by atoms with Gasteiger partial charge in [0.25, 0.3) is 11.5 Å². The Labute approximate surface area is 205 Å². The summed E-state index contributed by atoms with van der Waals surface area (Å²) in [4.78, 5) is 32.4. The van der Waals surface area contributed by atoms with Gasteiger partial charge >= 0.3 is 0 Å². The quantitative estimate of drug-likeness (QED) is 0.452. The smallest absolute Gasteiger partial charge is 0.276 e. The largest absolute Gasteiger partial charge is 0.368 e. The molecular weight excluding hydrogens is 468 g/mol. The summed E-state index contributed by atoms with van der Waals surface area (Å²) in [5.74, 6) is -1.75. The van der Waals surface area contributed by atoms with Crippen molar-refractivity contribution in [3.05, 3.63) is 76.0 Å². The Balaban J connectivity index is 1.55. The van der Waals surface area contributed by atoms with Gasteiger partial charge in [-0.05, 0) is 50.1 Å². The number of halogens is 2. The van der Waals surface area contributed by atoms with Crippen LogP contribution in [0.4, 0.5) is 20.2 Å². The molecule has 0 bridgehead atoms. The lowest BCUT2D eigenvalue weighted by atomic mass is 10.0. The Morgan fingerprint density at radius 3 is 2.44 bits per heavy atom. The van der Waals surface area contributed by atoms with Gasteiger partial charge in [-0.3, -0.25) is 9.59 Å². The van der Waals surface area contributed by atoms with Crippen molar-refractivity contribution >= 4 is 28.3 Å². The Hall–Kier alpha value is -4.12. The van der Waals surface area contributed by atoms with Crippen LogP contribution in [0, 0.1) is 18.6 Å². The number of fused-ring (bicyclic) bond motifs is 1. The molecule has 0 saturated carbocycles. The molecule has 1 amide bonds. The first-order chi connectivity index (χ1) is 17.2. The molecule has 2 aromatic carbocycles. The van der Waals surface area contributed by atoms with E-state index in [4.69, 9.17) is 10.7 Å². The van der Waals surface area contributed by atoms with E-state index in [0.29, 0.717) is 23.5 Å². The molecule has 186 valence electrons. The number of carbonyl (C=O) groups is 1. The predicted octanol–water partition coefficient (Wildman–Crippen LogP) is 2.89. The third-order valence-corrected chi connectivity index (χ3v) is 6.54. The lowest BCUT2D eigenvalue weighted by Crippen LogP contribution is -2.40. The van der Waals surface area contributed by atoms with E-state index in [-0.39, 0.29) is 11.7 Å². The molecule has 9 nitrogen and oxygen atoms in total. The topological polar surface area (TPSA) is 111 Å². The van der Waals surface area contributed by atoms with Crippen LogP contribution < -0.4 is 21.5 Å². The Morgan fingerprint density at radius 2 is 1.75 bits per heavy atom. The zero-order valence-electron chi connectivity index (χ0n) is 19.8. The standard InChI is InChI=1S/C25H25F2N7O2/c1-14-29-22-20(32(14)2)8-6-18(24(22)33-12-10-15(28)11-13-33)30-25(36)19-7-9-21(35)34(31-19)23-16(26)4-3-5-17(23)27/h3-9,15H,10-13,28H2,1-2H3,(H,30,36). The van der Waals surface area contributed by atoms with Crippen LogP contribution >= 0.6 is 0 Å². The van der Waals surface area contributed by atoms with Crippen molar-refractivity contribution in [2.24, 2.45) is 12.8 Å². The van der Waals surface area contributed by atoms with Crippen molar-refractivity contribution in [2.75, 3.05) is 23.3 Å². The number of carbonyl (C=O) groups excluding carboxylic acids is 1. The maximum atomic E-state index is 14.3. The SMILES string of the molecule is Cc1nc2c(N3CCC(N)CC3)c(NC(=O)c3ccc(=O)n(-c4c(F)cccc4F)n3)ccc2n1C. The van der Waals surface area contributed by atoms with E-state index in [1.807, 2.05) is 24.6 Å². The van der Waals surface area contributed by atoms with Gasteiger partial charge in [0.15, 0.2) is 11.6 Å². The third-order valence-electron chi connectivity index (χ3n) is 6.54. The zero-order valence-corrected chi connectivity index (χ0v) is 19.8. The van der Waals surface area contributed by atoms with Gasteiger partial charge in [0, 0.05) is 32.2 Å². The molecule has 3 N–H and O–H groups in total. The third kappa shape index (κ3) is 4.11. The van der Waals surface area contributed by atoms with Gasteiger partial charge in [-0.25, -0.2) is 13.8 Å². The number of amides is 1. The van der Waals surface area contributed by atoms with Gasteiger partial charge in [0.05, 0.1) is 16.9 Å². The van der Waals surface area contributed by atoms with Gasteiger partial charge in [0.1, 0.15) is 22.7 Å². The van der Waals surface area contributed by atoms with Crippen LogP contribution in [0.15, 0.2) is 47.3 Å². The first kappa shape index (κ1) is 23.6.